The molecule has 7 nitrogen and oxygen atoms in total. The van der Waals surface area contributed by atoms with E-state index in [2.05, 4.69) is 10.4 Å². The number of rotatable bonds is 6. The summed E-state index contributed by atoms with van der Waals surface area (Å²) in [6, 6.07) is 15.4. The van der Waals surface area contributed by atoms with Gasteiger partial charge in [0.05, 0.1) is 11.7 Å². The van der Waals surface area contributed by atoms with Crippen LogP contribution in [0, 0.1) is 0 Å². The van der Waals surface area contributed by atoms with Crippen LogP contribution in [0.15, 0.2) is 54.7 Å². The summed E-state index contributed by atoms with van der Waals surface area (Å²) >= 11 is 6.28. The Morgan fingerprint density at radius 1 is 1.22 bits per heavy atom. The molecule has 0 saturated carbocycles. The van der Waals surface area contributed by atoms with Crippen LogP contribution in [0.4, 0.5) is 5.69 Å². The highest BCUT2D eigenvalue weighted by atomic mass is 35.5. The first kappa shape index (κ1) is 22.3. The van der Waals surface area contributed by atoms with Crippen LogP contribution in [-0.4, -0.2) is 45.7 Å². The molecule has 0 spiro atoms. The molecule has 3 aromatic rings. The maximum Gasteiger partial charge on any atom is 0.246 e. The molecule has 2 amide bonds. The van der Waals surface area contributed by atoms with Gasteiger partial charge >= 0.3 is 0 Å². The molecule has 8 heteroatoms. The van der Waals surface area contributed by atoms with E-state index in [0.29, 0.717) is 38.3 Å². The predicted molar refractivity (Wildman–Crippen MR) is 125 cm³/mol. The maximum absolute atomic E-state index is 13.7. The molecule has 1 fully saturated rings. The number of aromatic nitrogens is 2. The van der Waals surface area contributed by atoms with Crippen molar-refractivity contribution < 1.29 is 14.3 Å². The summed E-state index contributed by atoms with van der Waals surface area (Å²) in [6.07, 6.45) is 2.51. The second-order valence-electron chi connectivity index (χ2n) is 8.11. The number of hydrogen-bond donors (Lipinski definition) is 1. The molecule has 2 heterocycles. The molecule has 0 bridgehead atoms. The number of carbonyl (C=O) groups is 2. The summed E-state index contributed by atoms with van der Waals surface area (Å²) in [5.41, 5.74) is 1.46. The molecule has 0 radical (unpaired) electrons. The first-order valence-corrected chi connectivity index (χ1v) is 11.2. The first-order chi connectivity index (χ1) is 15.4. The van der Waals surface area contributed by atoms with Crippen molar-refractivity contribution in [3.8, 4) is 0 Å². The van der Waals surface area contributed by atoms with Crippen LogP contribution < -0.4 is 10.2 Å². The van der Waals surface area contributed by atoms with Gasteiger partial charge in [-0.05, 0) is 30.7 Å². The average molecular weight is 455 g/mol. The van der Waals surface area contributed by atoms with Crippen molar-refractivity contribution in [1.82, 2.24) is 15.1 Å². The molecule has 1 N–H and O–H groups in total. The van der Waals surface area contributed by atoms with Crippen LogP contribution in [0.2, 0.25) is 0 Å². The van der Waals surface area contributed by atoms with Gasteiger partial charge in [-0.1, -0.05) is 30.3 Å². The number of fused-ring (bicyclic) bond motifs is 1. The third-order valence-corrected chi connectivity index (χ3v) is 6.20. The quantitative estimate of drug-likeness (QED) is 0.579. The largest absolute Gasteiger partial charge is 0.381 e. The summed E-state index contributed by atoms with van der Waals surface area (Å²) in [5, 5.41) is 7.43. The van der Waals surface area contributed by atoms with E-state index in [1.165, 1.54) is 0 Å². The summed E-state index contributed by atoms with van der Waals surface area (Å²) in [7, 11) is 1.86. The van der Waals surface area contributed by atoms with Crippen molar-refractivity contribution >= 4 is 40.0 Å². The Balaban J connectivity index is 1.74. The Kier molecular flexibility index (Phi) is 6.48. The lowest BCUT2D eigenvalue weighted by molar-refractivity contribution is -0.134. The lowest BCUT2D eigenvalue weighted by Gasteiger charge is -2.45. The van der Waals surface area contributed by atoms with Gasteiger partial charge in [-0.15, -0.1) is 11.6 Å². The number of hydrogen-bond acceptors (Lipinski definition) is 4. The van der Waals surface area contributed by atoms with Crippen LogP contribution >= 0.6 is 11.6 Å². The van der Waals surface area contributed by atoms with E-state index in [-0.39, 0.29) is 11.8 Å². The molecule has 1 atom stereocenters. The molecular formula is C24H27ClN4O3. The number of anilines is 1. The Morgan fingerprint density at radius 2 is 1.94 bits per heavy atom. The standard InChI is InChI=1S/C24H27ClN4O3/c1-17(25)22(30)29(20-8-9-21-19(14-20)16-27-28(21)2)24(10-12-32-13-11-24)23(31)26-15-18-6-4-3-5-7-18/h3-9,14,16-17H,10-13,15H2,1-2H3,(H,26,31). The Morgan fingerprint density at radius 3 is 2.62 bits per heavy atom. The number of amides is 2. The van der Waals surface area contributed by atoms with Gasteiger partial charge in [-0.25, -0.2) is 0 Å². The van der Waals surface area contributed by atoms with E-state index in [4.69, 9.17) is 16.3 Å². The fraction of sp³-hybridized carbons (Fsp3) is 0.375. The van der Waals surface area contributed by atoms with E-state index in [1.54, 1.807) is 22.7 Å². The van der Waals surface area contributed by atoms with Crippen molar-refractivity contribution in [2.75, 3.05) is 18.1 Å². The second kappa shape index (κ2) is 9.30. The van der Waals surface area contributed by atoms with E-state index >= 15 is 0 Å². The minimum atomic E-state index is -1.09. The third-order valence-electron chi connectivity index (χ3n) is 6.02. The van der Waals surface area contributed by atoms with Gasteiger partial charge in [0.2, 0.25) is 11.8 Å². The van der Waals surface area contributed by atoms with Gasteiger partial charge in [0.1, 0.15) is 10.9 Å². The van der Waals surface area contributed by atoms with Gasteiger partial charge in [0.25, 0.3) is 0 Å². The zero-order chi connectivity index (χ0) is 22.7. The molecule has 2 aromatic carbocycles. The number of halogens is 1. The van der Waals surface area contributed by atoms with Crippen LogP contribution in [0.3, 0.4) is 0 Å². The molecule has 1 aromatic heterocycles. The molecule has 1 saturated heterocycles. The predicted octanol–water partition coefficient (Wildman–Crippen LogP) is 3.40. The van der Waals surface area contributed by atoms with E-state index in [1.807, 2.05) is 55.6 Å². The highest BCUT2D eigenvalue weighted by Crippen LogP contribution is 2.36. The fourth-order valence-corrected chi connectivity index (χ4v) is 4.35. The van der Waals surface area contributed by atoms with E-state index in [0.717, 1.165) is 16.5 Å². The smallest absolute Gasteiger partial charge is 0.246 e. The van der Waals surface area contributed by atoms with Crippen LogP contribution in [0.1, 0.15) is 25.3 Å². The topological polar surface area (TPSA) is 76.5 Å². The lowest BCUT2D eigenvalue weighted by Crippen LogP contribution is -2.64. The second-order valence-corrected chi connectivity index (χ2v) is 8.77. The summed E-state index contributed by atoms with van der Waals surface area (Å²) < 4.78 is 7.34. The fourth-order valence-electron chi connectivity index (χ4n) is 4.26. The van der Waals surface area contributed by atoms with E-state index < -0.39 is 10.9 Å². The molecule has 0 aliphatic carbocycles. The average Bonchev–Trinajstić information content (AvgIpc) is 3.18. The molecule has 1 unspecified atom stereocenters. The molecule has 4 rings (SSSR count). The van der Waals surface area contributed by atoms with Gasteiger partial charge in [0, 0.05) is 50.7 Å². The lowest BCUT2D eigenvalue weighted by atomic mass is 9.85. The van der Waals surface area contributed by atoms with E-state index in [9.17, 15) is 9.59 Å². The van der Waals surface area contributed by atoms with Crippen LogP contribution in [0.5, 0.6) is 0 Å². The molecule has 168 valence electrons. The third kappa shape index (κ3) is 4.23. The SMILES string of the molecule is CC(Cl)C(=O)N(c1ccc2c(cnn2C)c1)C1(C(=O)NCc2ccccc2)CCOCC1. The number of benzene rings is 2. The Bertz CT molecular complexity index is 1110. The number of alkyl halides is 1. The Labute approximate surface area is 192 Å². The van der Waals surface area contributed by atoms with Crippen molar-refractivity contribution in [1.29, 1.82) is 0 Å². The van der Waals surface area contributed by atoms with Crippen molar-refractivity contribution in [3.05, 3.63) is 60.3 Å². The number of aryl methyl sites for hydroxylation is 1. The molecule has 32 heavy (non-hydrogen) atoms. The number of ether oxygens (including phenoxy) is 1. The maximum atomic E-state index is 13.7. The van der Waals surface area contributed by atoms with Crippen LogP contribution in [0.25, 0.3) is 10.9 Å². The van der Waals surface area contributed by atoms with Crippen molar-refractivity contribution in [2.45, 2.75) is 37.2 Å². The molecule has 1 aliphatic heterocycles. The van der Waals surface area contributed by atoms with Crippen molar-refractivity contribution in [2.24, 2.45) is 7.05 Å². The van der Waals surface area contributed by atoms with Gasteiger partial charge < -0.3 is 10.1 Å². The monoisotopic (exact) mass is 454 g/mol. The highest BCUT2D eigenvalue weighted by Gasteiger charge is 2.49. The summed E-state index contributed by atoms with van der Waals surface area (Å²) in [6.45, 7) is 2.78. The van der Waals surface area contributed by atoms with Gasteiger partial charge in [0.15, 0.2) is 0 Å². The molecular weight excluding hydrogens is 428 g/mol. The first-order valence-electron chi connectivity index (χ1n) is 10.7. The van der Waals surface area contributed by atoms with Gasteiger partial charge in [-0.2, -0.15) is 5.10 Å². The van der Waals surface area contributed by atoms with Gasteiger partial charge in [-0.3, -0.25) is 19.2 Å². The zero-order valence-corrected chi connectivity index (χ0v) is 19.0. The minimum Gasteiger partial charge on any atom is -0.381 e. The molecule has 1 aliphatic rings. The highest BCUT2D eigenvalue weighted by molar-refractivity contribution is 6.33. The van der Waals surface area contributed by atoms with Crippen LogP contribution in [-0.2, 0) is 27.9 Å². The number of nitrogens with one attached hydrogen (secondary N) is 1. The minimum absolute atomic E-state index is 0.207. The normalized spacial score (nSPS) is 16.5. The zero-order valence-electron chi connectivity index (χ0n) is 18.3. The number of carbonyl (C=O) groups excluding carboxylic acids is 2. The van der Waals surface area contributed by atoms with Crippen molar-refractivity contribution in [3.63, 3.8) is 0 Å². The summed E-state index contributed by atoms with van der Waals surface area (Å²) in [5.74, 6) is -0.520. The Hall–Kier alpha value is -2.90. The number of nitrogens with zero attached hydrogens (tertiary/aromatic N) is 3. The summed E-state index contributed by atoms with van der Waals surface area (Å²) in [4.78, 5) is 28.7.